The summed E-state index contributed by atoms with van der Waals surface area (Å²) < 4.78 is 27.1. The van der Waals surface area contributed by atoms with Gasteiger partial charge in [0.2, 0.25) is 5.82 Å². The third-order valence-electron chi connectivity index (χ3n) is 3.64. The Morgan fingerprint density at radius 2 is 1.71 bits per heavy atom. The predicted octanol–water partition coefficient (Wildman–Crippen LogP) is 3.45. The normalized spacial score (nSPS) is 14.0. The second-order valence-corrected chi connectivity index (χ2v) is 5.06. The fraction of sp³-hybridized carbons (Fsp3) is 0.200. The molecule has 0 aliphatic heterocycles. The molecule has 0 saturated heterocycles. The molecule has 21 heavy (non-hydrogen) atoms. The molecular weight excluding hydrogens is 278 g/mol. The molecule has 0 spiro atoms. The highest BCUT2D eigenvalue weighted by Crippen LogP contribution is 2.29. The largest absolute Gasteiger partial charge is 0.379 e. The van der Waals surface area contributed by atoms with Crippen LogP contribution in [0.25, 0.3) is 0 Å². The highest BCUT2D eigenvalue weighted by atomic mass is 19.1. The van der Waals surface area contributed by atoms with Crippen LogP contribution in [0.2, 0.25) is 0 Å². The number of nitrogens with zero attached hydrogens (tertiary/aromatic N) is 1. The van der Waals surface area contributed by atoms with Crippen LogP contribution >= 0.6 is 0 Å². The number of halogens is 2. The van der Waals surface area contributed by atoms with E-state index < -0.39 is 22.2 Å². The number of benzene rings is 2. The number of anilines is 1. The third-order valence-corrected chi connectivity index (χ3v) is 3.64. The summed E-state index contributed by atoms with van der Waals surface area (Å²) in [7, 11) is 0. The lowest BCUT2D eigenvalue weighted by atomic mass is 10.1. The Morgan fingerprint density at radius 1 is 1.10 bits per heavy atom. The molecule has 1 aliphatic carbocycles. The van der Waals surface area contributed by atoms with Crippen molar-refractivity contribution in [1.29, 1.82) is 0 Å². The zero-order valence-corrected chi connectivity index (χ0v) is 11.0. The van der Waals surface area contributed by atoms with E-state index in [-0.39, 0.29) is 11.7 Å². The van der Waals surface area contributed by atoms with E-state index in [4.69, 9.17) is 0 Å². The quantitative estimate of drug-likeness (QED) is 0.695. The Bertz CT molecular complexity index is 694. The average Bonchev–Trinajstić information content (AvgIpc) is 2.83. The molecule has 2 aromatic carbocycles. The van der Waals surface area contributed by atoms with Crippen molar-refractivity contribution in [3.63, 3.8) is 0 Å². The van der Waals surface area contributed by atoms with Gasteiger partial charge in [-0.2, -0.15) is 4.39 Å². The third kappa shape index (κ3) is 2.56. The summed E-state index contributed by atoms with van der Waals surface area (Å²) in [5.41, 5.74) is 1.58. The lowest BCUT2D eigenvalue weighted by Gasteiger charge is -2.14. The maximum Gasteiger partial charge on any atom is 0.307 e. The maximum atomic E-state index is 13.8. The Kier molecular flexibility index (Phi) is 3.29. The van der Waals surface area contributed by atoms with Gasteiger partial charge in [-0.15, -0.1) is 0 Å². The summed E-state index contributed by atoms with van der Waals surface area (Å²) >= 11 is 0. The van der Waals surface area contributed by atoms with E-state index in [0.29, 0.717) is 18.9 Å². The van der Waals surface area contributed by atoms with Gasteiger partial charge in [-0.1, -0.05) is 24.3 Å². The number of fused-ring (bicyclic) bond motifs is 1. The molecule has 0 atom stereocenters. The van der Waals surface area contributed by atoms with E-state index in [1.165, 1.54) is 11.1 Å². The van der Waals surface area contributed by atoms with Crippen LogP contribution in [0, 0.1) is 21.7 Å². The zero-order chi connectivity index (χ0) is 15.0. The van der Waals surface area contributed by atoms with Crippen LogP contribution in [-0.4, -0.2) is 11.0 Å². The fourth-order valence-electron chi connectivity index (χ4n) is 2.67. The summed E-state index contributed by atoms with van der Waals surface area (Å²) in [5.74, 6) is -1.99. The molecule has 3 rings (SSSR count). The SMILES string of the molecule is O=[N+]([O-])c1cc(NC2Cc3ccccc3C2)c(F)cc1F. The Hall–Kier alpha value is -2.50. The molecule has 2 aromatic rings. The molecule has 1 aliphatic rings. The molecule has 0 radical (unpaired) electrons. The Morgan fingerprint density at radius 3 is 2.29 bits per heavy atom. The Labute approximate surface area is 119 Å². The molecule has 6 heteroatoms. The lowest BCUT2D eigenvalue weighted by molar-refractivity contribution is -0.387. The van der Waals surface area contributed by atoms with Crippen molar-refractivity contribution < 1.29 is 13.7 Å². The Balaban J connectivity index is 1.83. The summed E-state index contributed by atoms with van der Waals surface area (Å²) in [5, 5.41) is 13.6. The molecule has 0 saturated carbocycles. The van der Waals surface area contributed by atoms with Crippen LogP contribution in [0.5, 0.6) is 0 Å². The van der Waals surface area contributed by atoms with E-state index in [1.807, 2.05) is 24.3 Å². The zero-order valence-electron chi connectivity index (χ0n) is 11.0. The summed E-state index contributed by atoms with van der Waals surface area (Å²) in [4.78, 5) is 9.86. The van der Waals surface area contributed by atoms with Gasteiger partial charge in [0.25, 0.3) is 0 Å². The van der Waals surface area contributed by atoms with Gasteiger partial charge in [0.1, 0.15) is 5.82 Å². The molecule has 0 amide bonds. The van der Waals surface area contributed by atoms with Gasteiger partial charge in [-0.25, -0.2) is 4.39 Å². The second kappa shape index (κ2) is 5.12. The van der Waals surface area contributed by atoms with Gasteiger partial charge in [-0.05, 0) is 24.0 Å². The van der Waals surface area contributed by atoms with E-state index in [9.17, 15) is 18.9 Å². The first-order valence-electron chi connectivity index (χ1n) is 6.51. The lowest BCUT2D eigenvalue weighted by Crippen LogP contribution is -2.20. The van der Waals surface area contributed by atoms with Gasteiger partial charge in [0.05, 0.1) is 10.6 Å². The highest BCUT2D eigenvalue weighted by Gasteiger charge is 2.24. The molecule has 0 aromatic heterocycles. The fourth-order valence-corrected chi connectivity index (χ4v) is 2.67. The number of nitrogens with one attached hydrogen (secondary N) is 1. The van der Waals surface area contributed by atoms with Gasteiger partial charge < -0.3 is 5.32 Å². The first-order chi connectivity index (χ1) is 10.0. The number of hydrogen-bond acceptors (Lipinski definition) is 3. The van der Waals surface area contributed by atoms with Crippen molar-refractivity contribution in [1.82, 2.24) is 0 Å². The molecule has 1 N–H and O–H groups in total. The molecular formula is C15H12F2N2O2. The minimum Gasteiger partial charge on any atom is -0.379 e. The highest BCUT2D eigenvalue weighted by molar-refractivity contribution is 5.54. The molecule has 0 bridgehead atoms. The van der Waals surface area contributed by atoms with E-state index in [1.54, 1.807) is 0 Å². The van der Waals surface area contributed by atoms with E-state index in [0.717, 1.165) is 6.07 Å². The van der Waals surface area contributed by atoms with Crippen molar-refractivity contribution >= 4 is 11.4 Å². The molecule has 0 fully saturated rings. The van der Waals surface area contributed by atoms with Crippen molar-refractivity contribution in [2.24, 2.45) is 0 Å². The second-order valence-electron chi connectivity index (χ2n) is 5.06. The molecule has 108 valence electrons. The van der Waals surface area contributed by atoms with Crippen molar-refractivity contribution in [3.8, 4) is 0 Å². The van der Waals surface area contributed by atoms with E-state index in [2.05, 4.69) is 5.32 Å². The summed E-state index contributed by atoms with van der Waals surface area (Å²) in [6.07, 6.45) is 1.42. The van der Waals surface area contributed by atoms with Crippen LogP contribution < -0.4 is 5.32 Å². The molecule has 0 heterocycles. The van der Waals surface area contributed by atoms with Gasteiger partial charge in [-0.3, -0.25) is 10.1 Å². The van der Waals surface area contributed by atoms with Crippen LogP contribution in [0.15, 0.2) is 36.4 Å². The topological polar surface area (TPSA) is 55.2 Å². The average molecular weight is 290 g/mol. The molecule has 0 unspecified atom stereocenters. The number of rotatable bonds is 3. The van der Waals surface area contributed by atoms with Crippen molar-refractivity contribution in [3.05, 3.63) is 69.3 Å². The standard InChI is InChI=1S/C15H12F2N2O2/c16-12-7-13(17)15(19(20)21)8-14(12)18-11-5-9-3-1-2-4-10(9)6-11/h1-4,7-8,11,18H,5-6H2. The molecule has 4 nitrogen and oxygen atoms in total. The van der Waals surface area contributed by atoms with Gasteiger partial charge in [0, 0.05) is 18.2 Å². The number of nitro groups is 1. The summed E-state index contributed by atoms with van der Waals surface area (Å²) in [6, 6.07) is 9.27. The summed E-state index contributed by atoms with van der Waals surface area (Å²) in [6.45, 7) is 0. The number of nitro benzene ring substituents is 1. The minimum atomic E-state index is -1.17. The van der Waals surface area contributed by atoms with E-state index >= 15 is 0 Å². The van der Waals surface area contributed by atoms with Gasteiger partial charge in [0.15, 0.2) is 0 Å². The first kappa shape index (κ1) is 13.5. The van der Waals surface area contributed by atoms with Crippen LogP contribution in [0.4, 0.5) is 20.2 Å². The number of hydrogen-bond donors (Lipinski definition) is 1. The van der Waals surface area contributed by atoms with Crippen LogP contribution in [-0.2, 0) is 12.8 Å². The van der Waals surface area contributed by atoms with Crippen molar-refractivity contribution in [2.45, 2.75) is 18.9 Å². The van der Waals surface area contributed by atoms with Crippen LogP contribution in [0.1, 0.15) is 11.1 Å². The van der Waals surface area contributed by atoms with Crippen molar-refractivity contribution in [2.75, 3.05) is 5.32 Å². The predicted molar refractivity (Wildman–Crippen MR) is 74.3 cm³/mol. The smallest absolute Gasteiger partial charge is 0.307 e. The van der Waals surface area contributed by atoms with Crippen LogP contribution in [0.3, 0.4) is 0 Å². The maximum absolute atomic E-state index is 13.8. The monoisotopic (exact) mass is 290 g/mol. The first-order valence-corrected chi connectivity index (χ1v) is 6.51. The minimum absolute atomic E-state index is 0.0408. The van der Waals surface area contributed by atoms with Gasteiger partial charge >= 0.3 is 5.69 Å².